The van der Waals surface area contributed by atoms with Gasteiger partial charge in [-0.05, 0) is 59.3 Å². The maximum absolute atomic E-state index is 6.17. The summed E-state index contributed by atoms with van der Waals surface area (Å²) in [5.74, 6) is 0.125. The Morgan fingerprint density at radius 2 is 1.84 bits per heavy atom. The molecule has 4 heterocycles. The summed E-state index contributed by atoms with van der Waals surface area (Å²) >= 11 is 6.77. The molecule has 0 spiro atoms. The van der Waals surface area contributed by atoms with Crippen molar-refractivity contribution < 1.29 is 0 Å². The zero-order valence-corrected chi connectivity index (χ0v) is 20.1. The zero-order valence-electron chi connectivity index (χ0n) is 16.8. The zero-order chi connectivity index (χ0) is 21.3. The van der Waals surface area contributed by atoms with Crippen molar-refractivity contribution in [1.29, 1.82) is 0 Å². The first kappa shape index (κ1) is 20.8. The monoisotopic (exact) mass is 483 g/mol. The summed E-state index contributed by atoms with van der Waals surface area (Å²) in [6.45, 7) is 2.57. The second-order valence-corrected chi connectivity index (χ2v) is 11.1. The molecule has 1 aliphatic heterocycles. The van der Waals surface area contributed by atoms with Crippen LogP contribution in [0.25, 0.3) is 0 Å². The van der Waals surface area contributed by atoms with Crippen molar-refractivity contribution >= 4 is 55.9 Å². The quantitative estimate of drug-likeness (QED) is 0.356. The molecule has 2 atom stereocenters. The van der Waals surface area contributed by atoms with Crippen LogP contribution in [0.1, 0.15) is 34.0 Å². The Hall–Kier alpha value is -2.04. The number of benzene rings is 1. The topological polar surface area (TPSA) is 67.4 Å². The van der Waals surface area contributed by atoms with Crippen molar-refractivity contribution in [2.45, 2.75) is 24.1 Å². The number of aryl methyl sites for hydroxylation is 1. The van der Waals surface area contributed by atoms with E-state index in [9.17, 15) is 0 Å². The van der Waals surface area contributed by atoms with Crippen LogP contribution in [0.3, 0.4) is 0 Å². The largest absolute Gasteiger partial charge is 0.330 e. The van der Waals surface area contributed by atoms with Gasteiger partial charge < -0.3 is 5.73 Å². The Balaban J connectivity index is 1.75. The van der Waals surface area contributed by atoms with Gasteiger partial charge in [0.2, 0.25) is 5.13 Å². The lowest BCUT2D eigenvalue weighted by molar-refractivity contribution is 0.452. The van der Waals surface area contributed by atoms with Gasteiger partial charge in [0.15, 0.2) is 0 Å². The van der Waals surface area contributed by atoms with Crippen LogP contribution in [0.5, 0.6) is 0 Å². The van der Waals surface area contributed by atoms with Crippen LogP contribution in [0.2, 0.25) is 0 Å². The summed E-state index contributed by atoms with van der Waals surface area (Å²) in [5.41, 5.74) is 9.77. The Morgan fingerprint density at radius 1 is 1.03 bits per heavy atom. The second-order valence-electron chi connectivity index (χ2n) is 7.18. The first-order chi connectivity index (χ1) is 15.2. The van der Waals surface area contributed by atoms with Gasteiger partial charge >= 0.3 is 0 Å². The van der Waals surface area contributed by atoms with E-state index in [1.54, 1.807) is 45.8 Å². The minimum Gasteiger partial charge on any atom is -0.330 e. The van der Waals surface area contributed by atoms with Gasteiger partial charge in [-0.2, -0.15) is 27.8 Å². The van der Waals surface area contributed by atoms with Crippen molar-refractivity contribution in [2.75, 3.05) is 11.6 Å². The van der Waals surface area contributed by atoms with Crippen LogP contribution in [-0.4, -0.2) is 21.8 Å². The number of hydrazone groups is 1. The molecule has 0 saturated heterocycles. The fourth-order valence-electron chi connectivity index (χ4n) is 3.94. The molecule has 2 N–H and O–H groups in total. The number of hydrogen-bond donors (Lipinski definition) is 1. The molecule has 0 bridgehead atoms. The van der Waals surface area contributed by atoms with E-state index < -0.39 is 4.87 Å². The summed E-state index contributed by atoms with van der Waals surface area (Å²) in [6.07, 6.45) is 0.833. The SMILES string of the molecule is Cc1nnc(N2N=C(c3ccsc3)SC2(c2ccccc2)C(CCN)c2ccsc2)s1. The first-order valence-electron chi connectivity index (χ1n) is 9.90. The highest BCUT2D eigenvalue weighted by Gasteiger charge is 2.53. The average Bonchev–Trinajstić information content (AvgIpc) is 3.59. The van der Waals surface area contributed by atoms with Gasteiger partial charge in [-0.1, -0.05) is 53.4 Å². The van der Waals surface area contributed by atoms with Crippen LogP contribution in [0, 0.1) is 6.92 Å². The number of hydrogen-bond acceptors (Lipinski definition) is 9. The summed E-state index contributed by atoms with van der Waals surface area (Å²) in [6, 6.07) is 15.0. The third-order valence-corrected chi connectivity index (χ3v) is 9.00. The molecule has 31 heavy (non-hydrogen) atoms. The van der Waals surface area contributed by atoms with Gasteiger partial charge in [0, 0.05) is 16.9 Å². The molecule has 1 aliphatic rings. The molecule has 0 amide bonds. The van der Waals surface area contributed by atoms with E-state index >= 15 is 0 Å². The molecular formula is C22H21N5S4. The van der Waals surface area contributed by atoms with E-state index in [0.717, 1.165) is 27.2 Å². The molecule has 0 radical (unpaired) electrons. The van der Waals surface area contributed by atoms with E-state index in [2.05, 4.69) is 79.2 Å². The number of nitrogens with zero attached hydrogens (tertiary/aromatic N) is 4. The summed E-state index contributed by atoms with van der Waals surface area (Å²) < 4.78 is 0. The highest BCUT2D eigenvalue weighted by Crippen LogP contribution is 2.58. The molecule has 9 heteroatoms. The molecule has 3 aromatic heterocycles. The van der Waals surface area contributed by atoms with Gasteiger partial charge in [0.05, 0.1) is 0 Å². The highest BCUT2D eigenvalue weighted by atomic mass is 32.2. The Bertz CT molecular complexity index is 1150. The predicted molar refractivity (Wildman–Crippen MR) is 134 cm³/mol. The molecule has 0 fully saturated rings. The maximum Gasteiger partial charge on any atom is 0.230 e. The lowest BCUT2D eigenvalue weighted by Crippen LogP contribution is -2.43. The molecule has 5 rings (SSSR count). The van der Waals surface area contributed by atoms with E-state index in [1.807, 2.05) is 6.92 Å². The minimum absolute atomic E-state index is 0.125. The molecule has 2 unspecified atom stereocenters. The molecule has 5 nitrogen and oxygen atoms in total. The van der Waals surface area contributed by atoms with Crippen LogP contribution in [0.15, 0.2) is 69.1 Å². The number of anilines is 1. The van der Waals surface area contributed by atoms with E-state index in [-0.39, 0.29) is 5.92 Å². The van der Waals surface area contributed by atoms with Gasteiger partial charge in [0.1, 0.15) is 14.9 Å². The summed E-state index contributed by atoms with van der Waals surface area (Å²) in [5, 5.41) is 27.4. The van der Waals surface area contributed by atoms with Crippen molar-refractivity contribution in [3.8, 4) is 0 Å². The van der Waals surface area contributed by atoms with Crippen molar-refractivity contribution in [3.05, 3.63) is 85.7 Å². The predicted octanol–water partition coefficient (Wildman–Crippen LogP) is 5.87. The van der Waals surface area contributed by atoms with Crippen molar-refractivity contribution in [2.24, 2.45) is 10.8 Å². The van der Waals surface area contributed by atoms with Crippen LogP contribution < -0.4 is 10.7 Å². The Morgan fingerprint density at radius 3 is 2.48 bits per heavy atom. The van der Waals surface area contributed by atoms with E-state index in [4.69, 9.17) is 10.8 Å². The lowest BCUT2D eigenvalue weighted by Gasteiger charge is -2.41. The van der Waals surface area contributed by atoms with Gasteiger partial charge in [-0.15, -0.1) is 10.2 Å². The third-order valence-electron chi connectivity index (χ3n) is 5.28. The molecule has 0 aliphatic carbocycles. The standard InChI is InChI=1S/C22H21N5S4/c1-15-24-25-21(30-15)27-22(18-5-3-2-4-6-18,19(7-10-23)16-8-11-28-13-16)31-20(26-27)17-9-12-29-14-17/h2-6,8-9,11-14,19H,7,10,23H2,1H3. The van der Waals surface area contributed by atoms with E-state index in [0.29, 0.717) is 6.54 Å². The summed E-state index contributed by atoms with van der Waals surface area (Å²) in [7, 11) is 0. The average molecular weight is 484 g/mol. The van der Waals surface area contributed by atoms with E-state index in [1.165, 1.54) is 11.1 Å². The lowest BCUT2D eigenvalue weighted by atomic mass is 9.84. The second kappa shape index (κ2) is 8.84. The maximum atomic E-state index is 6.17. The van der Waals surface area contributed by atoms with Crippen LogP contribution >= 0.6 is 45.8 Å². The number of rotatable bonds is 7. The molecule has 158 valence electrons. The molecule has 0 saturated carbocycles. The van der Waals surface area contributed by atoms with Gasteiger partial charge in [0.25, 0.3) is 0 Å². The smallest absolute Gasteiger partial charge is 0.230 e. The highest BCUT2D eigenvalue weighted by molar-refractivity contribution is 8.15. The number of thioether (sulfide) groups is 1. The summed E-state index contributed by atoms with van der Waals surface area (Å²) in [4.78, 5) is -0.509. The Labute approximate surface area is 197 Å². The number of nitrogens with two attached hydrogens (primary N) is 1. The fraction of sp³-hybridized carbons (Fsp3) is 0.227. The van der Waals surface area contributed by atoms with Gasteiger partial charge in [-0.25, -0.2) is 5.01 Å². The Kier molecular flexibility index (Phi) is 5.94. The molecule has 4 aromatic rings. The minimum atomic E-state index is -0.509. The fourth-order valence-corrected chi connectivity index (χ4v) is 7.65. The van der Waals surface area contributed by atoms with Gasteiger partial charge in [-0.3, -0.25) is 0 Å². The third kappa shape index (κ3) is 3.74. The van der Waals surface area contributed by atoms with Crippen molar-refractivity contribution in [1.82, 2.24) is 10.2 Å². The van der Waals surface area contributed by atoms with Crippen LogP contribution in [-0.2, 0) is 4.87 Å². The van der Waals surface area contributed by atoms with Crippen LogP contribution in [0.4, 0.5) is 5.13 Å². The normalized spacial score (nSPS) is 19.5. The molecular weight excluding hydrogens is 463 g/mol. The number of aromatic nitrogens is 2. The number of thiophene rings is 2. The van der Waals surface area contributed by atoms with Crippen molar-refractivity contribution in [3.63, 3.8) is 0 Å². The first-order valence-corrected chi connectivity index (χ1v) is 13.4. The molecule has 1 aromatic carbocycles.